The Morgan fingerprint density at radius 2 is 1.81 bits per heavy atom. The molecule has 188 valence electrons. The number of carboxylic acids is 1. The van der Waals surface area contributed by atoms with Crippen LogP contribution in [0, 0.1) is 12.7 Å². The van der Waals surface area contributed by atoms with Gasteiger partial charge in [0.05, 0.1) is 34.5 Å². The molecule has 0 amide bonds. The van der Waals surface area contributed by atoms with Crippen LogP contribution < -0.4 is 34.7 Å². The van der Waals surface area contributed by atoms with Crippen molar-refractivity contribution in [1.82, 2.24) is 14.8 Å². The summed E-state index contributed by atoms with van der Waals surface area (Å²) in [7, 11) is 0. The van der Waals surface area contributed by atoms with Crippen molar-refractivity contribution in [3.05, 3.63) is 53.1 Å². The maximum absolute atomic E-state index is 13.8. The van der Waals surface area contributed by atoms with E-state index in [0.29, 0.717) is 0 Å². The van der Waals surface area contributed by atoms with Gasteiger partial charge in [-0.05, 0) is 51.3 Å². The Kier molecular flexibility index (Phi) is 10.0. The number of carbonyl (C=O) groups excluding carboxylic acids is 1. The molecule has 0 saturated carbocycles. The van der Waals surface area contributed by atoms with Gasteiger partial charge in [-0.1, -0.05) is 38.1 Å². The first-order valence-electron chi connectivity index (χ1n) is 11.7. The molecule has 2 atom stereocenters. The van der Waals surface area contributed by atoms with Crippen LogP contribution in [-0.2, 0) is 10.3 Å². The molecular weight excluding hydrogens is 472 g/mol. The SMILES string of the molecule is Cc1nn(C(C)(C)C)c2nc(C(C)C)c(/C=C/[C@@H](O)C[C@@H](O)CC(=O)[O-])c(-c3ccc(F)cc3)c12.[Na+]. The van der Waals surface area contributed by atoms with Crippen LogP contribution in [0.15, 0.2) is 30.3 Å². The van der Waals surface area contributed by atoms with E-state index in [9.17, 15) is 24.5 Å². The average Bonchev–Trinajstić information content (AvgIpc) is 3.08. The van der Waals surface area contributed by atoms with Crippen molar-refractivity contribution < 1.29 is 54.1 Å². The first kappa shape index (κ1) is 30.1. The van der Waals surface area contributed by atoms with E-state index in [-0.39, 0.29) is 53.3 Å². The zero-order valence-corrected chi connectivity index (χ0v) is 24.0. The Hall–Kier alpha value is -2.10. The number of fused-ring (bicyclic) bond motifs is 1. The Bertz CT molecular complexity index is 1250. The second-order valence-electron chi connectivity index (χ2n) is 10.2. The van der Waals surface area contributed by atoms with Gasteiger partial charge < -0.3 is 20.1 Å². The minimum Gasteiger partial charge on any atom is -0.550 e. The smallest absolute Gasteiger partial charge is 0.550 e. The number of aliphatic hydroxyl groups excluding tert-OH is 2. The Balaban J connectivity index is 0.00000456. The number of nitrogens with zero attached hydrogens (tertiary/aromatic N) is 3. The fraction of sp³-hybridized carbons (Fsp3) is 0.444. The number of carbonyl (C=O) groups is 1. The quantitative estimate of drug-likeness (QED) is 0.436. The summed E-state index contributed by atoms with van der Waals surface area (Å²) in [4.78, 5) is 15.7. The van der Waals surface area contributed by atoms with Crippen LogP contribution in [0.3, 0.4) is 0 Å². The third kappa shape index (κ3) is 6.81. The van der Waals surface area contributed by atoms with Gasteiger partial charge in [0.15, 0.2) is 5.65 Å². The molecule has 36 heavy (non-hydrogen) atoms. The number of hydrogen-bond donors (Lipinski definition) is 2. The maximum Gasteiger partial charge on any atom is 1.00 e. The van der Waals surface area contributed by atoms with Crippen LogP contribution in [0.2, 0.25) is 0 Å². The summed E-state index contributed by atoms with van der Waals surface area (Å²) in [6.07, 6.45) is 0.244. The molecule has 0 aliphatic heterocycles. The van der Waals surface area contributed by atoms with Gasteiger partial charge in [0, 0.05) is 29.9 Å². The Morgan fingerprint density at radius 3 is 2.33 bits per heavy atom. The molecule has 2 heterocycles. The van der Waals surface area contributed by atoms with Gasteiger partial charge in [0.1, 0.15) is 5.82 Å². The summed E-state index contributed by atoms with van der Waals surface area (Å²) in [5, 5.41) is 36.7. The molecule has 9 heteroatoms. The molecule has 0 unspecified atom stereocenters. The topological polar surface area (TPSA) is 111 Å². The molecule has 0 bridgehead atoms. The normalized spacial score (nSPS) is 13.8. The van der Waals surface area contributed by atoms with Crippen LogP contribution in [0.1, 0.15) is 70.3 Å². The number of halogens is 1. The van der Waals surface area contributed by atoms with Gasteiger partial charge in [-0.2, -0.15) is 5.10 Å². The Morgan fingerprint density at radius 1 is 1.19 bits per heavy atom. The van der Waals surface area contributed by atoms with E-state index in [1.807, 2.05) is 25.5 Å². The summed E-state index contributed by atoms with van der Waals surface area (Å²) in [6.45, 7) is 12.1. The molecule has 0 radical (unpaired) electrons. The molecule has 0 aliphatic carbocycles. The molecule has 0 saturated heterocycles. The summed E-state index contributed by atoms with van der Waals surface area (Å²) in [5.74, 6) is -1.71. The molecule has 2 aromatic heterocycles. The molecule has 7 nitrogen and oxygen atoms in total. The number of aromatic nitrogens is 3. The molecule has 2 N–H and O–H groups in total. The van der Waals surface area contributed by atoms with E-state index in [2.05, 4.69) is 20.8 Å². The monoisotopic (exact) mass is 505 g/mol. The number of carboxylic acid groups (broad SMARTS) is 1. The van der Waals surface area contributed by atoms with Crippen molar-refractivity contribution in [2.24, 2.45) is 0 Å². The van der Waals surface area contributed by atoms with Crippen molar-refractivity contribution in [2.45, 2.75) is 78.0 Å². The first-order chi connectivity index (χ1) is 16.3. The van der Waals surface area contributed by atoms with E-state index in [0.717, 1.165) is 39.1 Å². The summed E-state index contributed by atoms with van der Waals surface area (Å²) in [6, 6.07) is 6.22. The van der Waals surface area contributed by atoms with E-state index < -0.39 is 24.6 Å². The summed E-state index contributed by atoms with van der Waals surface area (Å²) in [5.41, 5.74) is 4.31. The standard InChI is InChI=1S/C27H34FN3O4.Na/c1-15(2)25-21(12-11-19(32)13-20(33)14-22(34)35)24(17-7-9-18(28)10-8-17)23-16(3)30-31(26(23)29-25)27(4,5)6;/h7-12,15,19-20,32-33H,13-14H2,1-6H3,(H,34,35);/q;+1/p-1/b12-11+;/t19-,20-;/m1./s1. The van der Waals surface area contributed by atoms with Gasteiger partial charge in [0.25, 0.3) is 0 Å². The minimum absolute atomic E-state index is 0. The van der Waals surface area contributed by atoms with E-state index in [1.54, 1.807) is 18.2 Å². The van der Waals surface area contributed by atoms with Gasteiger partial charge >= 0.3 is 29.6 Å². The number of aliphatic hydroxyl groups is 2. The minimum atomic E-state index is -1.38. The average molecular weight is 506 g/mol. The van der Waals surface area contributed by atoms with Crippen molar-refractivity contribution in [3.63, 3.8) is 0 Å². The van der Waals surface area contributed by atoms with Gasteiger partial charge in [-0.3, -0.25) is 0 Å². The fourth-order valence-electron chi connectivity index (χ4n) is 4.18. The molecule has 0 spiro atoms. The predicted octanol–water partition coefficient (Wildman–Crippen LogP) is 0.693. The summed E-state index contributed by atoms with van der Waals surface area (Å²) < 4.78 is 15.7. The van der Waals surface area contributed by atoms with Crippen molar-refractivity contribution in [3.8, 4) is 11.1 Å². The van der Waals surface area contributed by atoms with Crippen molar-refractivity contribution in [1.29, 1.82) is 0 Å². The van der Waals surface area contributed by atoms with Crippen LogP contribution in [-0.4, -0.2) is 43.2 Å². The van der Waals surface area contributed by atoms with Crippen LogP contribution in [0.4, 0.5) is 4.39 Å². The van der Waals surface area contributed by atoms with Crippen LogP contribution >= 0.6 is 0 Å². The molecule has 1 aromatic carbocycles. The van der Waals surface area contributed by atoms with Gasteiger partial charge in [-0.15, -0.1) is 0 Å². The van der Waals surface area contributed by atoms with E-state index in [1.165, 1.54) is 18.2 Å². The third-order valence-electron chi connectivity index (χ3n) is 5.77. The molecule has 0 aliphatic rings. The van der Waals surface area contributed by atoms with Gasteiger partial charge in [-0.25, -0.2) is 14.1 Å². The van der Waals surface area contributed by atoms with E-state index in [4.69, 9.17) is 10.1 Å². The zero-order valence-electron chi connectivity index (χ0n) is 22.0. The van der Waals surface area contributed by atoms with E-state index >= 15 is 0 Å². The van der Waals surface area contributed by atoms with Crippen molar-refractivity contribution >= 4 is 23.1 Å². The number of aliphatic carboxylic acids is 1. The number of benzene rings is 1. The Labute approximate surface area is 233 Å². The number of aryl methyl sites for hydroxylation is 1. The number of pyridine rings is 1. The molecule has 0 fully saturated rings. The molecule has 3 aromatic rings. The third-order valence-corrected chi connectivity index (χ3v) is 5.77. The van der Waals surface area contributed by atoms with Crippen molar-refractivity contribution in [2.75, 3.05) is 0 Å². The molecular formula is C27H33FN3NaO4. The van der Waals surface area contributed by atoms with Gasteiger partial charge in [0.2, 0.25) is 0 Å². The largest absolute Gasteiger partial charge is 1.00 e. The first-order valence-corrected chi connectivity index (χ1v) is 11.7. The predicted molar refractivity (Wildman–Crippen MR) is 132 cm³/mol. The second kappa shape index (κ2) is 12.0. The number of rotatable bonds is 8. The second-order valence-corrected chi connectivity index (χ2v) is 10.2. The zero-order chi connectivity index (χ0) is 26.1. The fourth-order valence-corrected chi connectivity index (χ4v) is 4.18. The maximum atomic E-state index is 13.8. The summed E-state index contributed by atoms with van der Waals surface area (Å²) >= 11 is 0. The van der Waals surface area contributed by atoms with Crippen LogP contribution in [0.5, 0.6) is 0 Å². The number of hydrogen-bond acceptors (Lipinski definition) is 6. The van der Waals surface area contributed by atoms with Crippen LogP contribution in [0.25, 0.3) is 28.2 Å². The molecule has 3 rings (SSSR count).